The molecule has 1 heterocycles. The summed E-state index contributed by atoms with van der Waals surface area (Å²) in [5, 5.41) is 0. The van der Waals surface area contributed by atoms with E-state index in [1.807, 2.05) is 13.8 Å². The fourth-order valence-electron chi connectivity index (χ4n) is 0.909. The minimum atomic E-state index is -0.822. The molecule has 0 aromatic heterocycles. The molecule has 9 heteroatoms. The second-order valence-electron chi connectivity index (χ2n) is 2.42. The number of rotatable bonds is 5. The summed E-state index contributed by atoms with van der Waals surface area (Å²) in [6, 6.07) is 0. The molecule has 6 nitrogen and oxygen atoms in total. The highest BCUT2D eigenvalue weighted by Gasteiger charge is 2.45. The maximum atomic E-state index is 5.13. The lowest BCUT2D eigenvalue weighted by Crippen LogP contribution is -2.52. The van der Waals surface area contributed by atoms with Crippen molar-refractivity contribution in [3.63, 3.8) is 0 Å². The van der Waals surface area contributed by atoms with Crippen molar-refractivity contribution in [3.05, 3.63) is 0 Å². The maximum Gasteiger partial charge on any atom is 0.615 e. The summed E-state index contributed by atoms with van der Waals surface area (Å²) in [4.78, 5) is 0. The Morgan fingerprint density at radius 3 is 1.64 bits per heavy atom. The Bertz CT molecular complexity index is 146. The second-order valence-corrected chi connectivity index (χ2v) is 2.42. The van der Waals surface area contributed by atoms with Crippen molar-refractivity contribution in [1.82, 2.24) is 0 Å². The summed E-state index contributed by atoms with van der Waals surface area (Å²) < 4.78 is 30.4. The average Bonchev–Trinajstić information content (AvgIpc) is 2.18. The first-order valence-corrected chi connectivity index (χ1v) is 4.52. The van der Waals surface area contributed by atoms with Crippen LogP contribution >= 0.6 is 0 Å². The van der Waals surface area contributed by atoms with Crippen LogP contribution in [-0.4, -0.2) is 42.3 Å². The standard InChI is InChI=1S/C5H13B3O6/c1-4-10-7-12-6(9-3)13-8(14-7)11-5-2/h4-5H2,1-3H3. The highest BCUT2D eigenvalue weighted by Crippen LogP contribution is 2.10. The smallest absolute Gasteiger partial charge is 0.400 e. The van der Waals surface area contributed by atoms with Crippen LogP contribution in [0.1, 0.15) is 13.8 Å². The summed E-state index contributed by atoms with van der Waals surface area (Å²) in [5.74, 6) is 0. The van der Waals surface area contributed by atoms with Crippen molar-refractivity contribution in [2.75, 3.05) is 20.3 Å². The van der Waals surface area contributed by atoms with E-state index in [-0.39, 0.29) is 0 Å². The fraction of sp³-hybridized carbons (Fsp3) is 1.00. The molecule has 0 amide bonds. The molecule has 14 heavy (non-hydrogen) atoms. The van der Waals surface area contributed by atoms with Gasteiger partial charge in [-0.15, -0.1) is 0 Å². The Morgan fingerprint density at radius 2 is 1.29 bits per heavy atom. The summed E-state index contributed by atoms with van der Waals surface area (Å²) >= 11 is 0. The average molecular weight is 202 g/mol. The molecule has 0 aromatic carbocycles. The topological polar surface area (TPSA) is 55.4 Å². The lowest BCUT2D eigenvalue weighted by atomic mass is 9.97. The molecular weight excluding hydrogens is 188 g/mol. The molecule has 1 saturated heterocycles. The van der Waals surface area contributed by atoms with E-state index in [4.69, 9.17) is 27.7 Å². The van der Waals surface area contributed by atoms with Gasteiger partial charge in [0.05, 0.1) is 0 Å². The van der Waals surface area contributed by atoms with Crippen LogP contribution in [0.15, 0.2) is 0 Å². The Balaban J connectivity index is 2.39. The lowest BCUT2D eigenvalue weighted by Gasteiger charge is -2.26. The van der Waals surface area contributed by atoms with Gasteiger partial charge in [0.1, 0.15) is 0 Å². The van der Waals surface area contributed by atoms with E-state index in [1.165, 1.54) is 7.11 Å². The third kappa shape index (κ3) is 3.60. The largest absolute Gasteiger partial charge is 0.615 e. The van der Waals surface area contributed by atoms with Crippen molar-refractivity contribution in [2.24, 2.45) is 0 Å². The van der Waals surface area contributed by atoms with Gasteiger partial charge in [0.2, 0.25) is 0 Å². The zero-order valence-corrected chi connectivity index (χ0v) is 8.60. The van der Waals surface area contributed by atoms with Crippen molar-refractivity contribution in [1.29, 1.82) is 0 Å². The Morgan fingerprint density at radius 1 is 0.857 bits per heavy atom. The van der Waals surface area contributed by atoms with Gasteiger partial charge in [-0.25, -0.2) is 0 Å². The van der Waals surface area contributed by atoms with Gasteiger partial charge < -0.3 is 27.7 Å². The SMILES string of the molecule is CCOB1OB(OC)OB(OCC)O1. The Kier molecular flexibility index (Phi) is 5.53. The Labute approximate surface area is 84.7 Å². The predicted octanol–water partition coefficient (Wildman–Crippen LogP) is -0.276. The van der Waals surface area contributed by atoms with Crippen molar-refractivity contribution in [3.8, 4) is 0 Å². The molecule has 0 unspecified atom stereocenters. The normalized spacial score (nSPS) is 17.8. The van der Waals surface area contributed by atoms with Crippen LogP contribution < -0.4 is 0 Å². The number of hydrogen-bond donors (Lipinski definition) is 0. The van der Waals surface area contributed by atoms with Crippen molar-refractivity contribution in [2.45, 2.75) is 13.8 Å². The first-order valence-electron chi connectivity index (χ1n) is 4.52. The molecule has 1 fully saturated rings. The van der Waals surface area contributed by atoms with Gasteiger partial charge in [-0.05, 0) is 13.8 Å². The third-order valence-corrected chi connectivity index (χ3v) is 1.46. The Hall–Kier alpha value is -0.0452. The van der Waals surface area contributed by atoms with Gasteiger partial charge in [0.25, 0.3) is 0 Å². The van der Waals surface area contributed by atoms with Crippen LogP contribution in [0.25, 0.3) is 0 Å². The first-order chi connectivity index (χ1) is 6.80. The summed E-state index contributed by atoms with van der Waals surface area (Å²) in [7, 11) is -0.982. The molecule has 0 bridgehead atoms. The minimum Gasteiger partial charge on any atom is -0.400 e. The molecule has 78 valence electrons. The van der Waals surface area contributed by atoms with Crippen LogP contribution in [0.2, 0.25) is 0 Å². The van der Waals surface area contributed by atoms with Crippen LogP contribution in [0, 0.1) is 0 Å². The van der Waals surface area contributed by atoms with Gasteiger partial charge in [0, 0.05) is 20.3 Å². The molecule has 0 N–H and O–H groups in total. The van der Waals surface area contributed by atoms with Gasteiger partial charge in [0.15, 0.2) is 0 Å². The van der Waals surface area contributed by atoms with E-state index in [9.17, 15) is 0 Å². The van der Waals surface area contributed by atoms with Gasteiger partial charge in [-0.3, -0.25) is 0 Å². The lowest BCUT2D eigenvalue weighted by molar-refractivity contribution is 0.0798. The molecule has 1 aliphatic heterocycles. The van der Waals surface area contributed by atoms with Crippen LogP contribution in [0.4, 0.5) is 0 Å². The molecule has 0 atom stereocenters. The summed E-state index contributed by atoms with van der Waals surface area (Å²) in [6.07, 6.45) is 0. The second kappa shape index (κ2) is 6.44. The van der Waals surface area contributed by atoms with E-state index in [0.29, 0.717) is 13.2 Å². The monoisotopic (exact) mass is 202 g/mol. The minimum absolute atomic E-state index is 0.472. The first kappa shape index (κ1) is 12.0. The molecule has 0 radical (unpaired) electrons. The maximum absolute atomic E-state index is 5.13. The highest BCUT2D eigenvalue weighted by atomic mass is 16.9. The van der Waals surface area contributed by atoms with Crippen LogP contribution in [0.5, 0.6) is 0 Å². The third-order valence-electron chi connectivity index (χ3n) is 1.46. The summed E-state index contributed by atoms with van der Waals surface area (Å²) in [6.45, 7) is 4.61. The molecule has 0 aromatic rings. The fourth-order valence-corrected chi connectivity index (χ4v) is 0.909. The van der Waals surface area contributed by atoms with Crippen molar-refractivity contribution < 1.29 is 27.7 Å². The highest BCUT2D eigenvalue weighted by molar-refractivity contribution is 6.66. The number of hydrogen-bond acceptors (Lipinski definition) is 6. The molecule has 0 spiro atoms. The van der Waals surface area contributed by atoms with E-state index in [1.54, 1.807) is 0 Å². The van der Waals surface area contributed by atoms with Crippen LogP contribution in [0.3, 0.4) is 0 Å². The van der Waals surface area contributed by atoms with E-state index in [2.05, 4.69) is 0 Å². The van der Waals surface area contributed by atoms with Crippen LogP contribution in [-0.2, 0) is 27.7 Å². The zero-order chi connectivity index (χ0) is 10.4. The summed E-state index contributed by atoms with van der Waals surface area (Å²) in [5.41, 5.74) is 0. The van der Waals surface area contributed by atoms with E-state index >= 15 is 0 Å². The predicted molar refractivity (Wildman–Crippen MR) is 50.8 cm³/mol. The van der Waals surface area contributed by atoms with Gasteiger partial charge >= 0.3 is 22.0 Å². The van der Waals surface area contributed by atoms with E-state index < -0.39 is 22.0 Å². The van der Waals surface area contributed by atoms with Gasteiger partial charge in [-0.2, -0.15) is 0 Å². The van der Waals surface area contributed by atoms with Crippen molar-refractivity contribution >= 4 is 22.0 Å². The molecule has 1 aliphatic rings. The molecule has 1 rings (SSSR count). The zero-order valence-electron chi connectivity index (χ0n) is 8.60. The quantitative estimate of drug-likeness (QED) is 0.571. The molecule has 0 aliphatic carbocycles. The molecule has 0 saturated carbocycles. The molecular formula is C5H13B3O6. The van der Waals surface area contributed by atoms with Gasteiger partial charge in [-0.1, -0.05) is 0 Å². The van der Waals surface area contributed by atoms with E-state index in [0.717, 1.165) is 0 Å².